The number of hydrogen-bond acceptors (Lipinski definition) is 3. The summed E-state index contributed by atoms with van der Waals surface area (Å²) in [5.74, 6) is 0.249. The fourth-order valence-corrected chi connectivity index (χ4v) is 2.34. The number of carbonyl (C=O) groups is 1. The Morgan fingerprint density at radius 2 is 2.11 bits per heavy atom. The van der Waals surface area contributed by atoms with Crippen molar-refractivity contribution in [1.29, 1.82) is 0 Å². The maximum absolute atomic E-state index is 11.7. The molecule has 0 bridgehead atoms. The molecule has 1 heterocycles. The Bertz CT molecular complexity index is 257. The van der Waals surface area contributed by atoms with E-state index in [-0.39, 0.29) is 24.1 Å². The van der Waals surface area contributed by atoms with Gasteiger partial charge in [0.05, 0.1) is 18.2 Å². The topological polar surface area (TPSA) is 70.6 Å². The second-order valence-electron chi connectivity index (χ2n) is 4.97. The molecule has 1 fully saturated rings. The summed E-state index contributed by atoms with van der Waals surface area (Å²) in [4.78, 5) is 11.7. The fourth-order valence-electron chi connectivity index (χ4n) is 2.34. The van der Waals surface area contributed by atoms with Crippen LogP contribution in [0.5, 0.6) is 0 Å². The van der Waals surface area contributed by atoms with E-state index in [1.807, 2.05) is 6.92 Å². The third kappa shape index (κ3) is 4.46. The van der Waals surface area contributed by atoms with Crippen molar-refractivity contribution in [2.45, 2.75) is 58.3 Å². The standard InChI is InChI=1S/C13H26N2O3/c1-4-10(5-2)12(16)8-14-13(17)15-11-6-7-18-9(11)3/h9-12,16H,4-8H2,1-3H3,(H2,14,15,17). The van der Waals surface area contributed by atoms with Crippen LogP contribution in [-0.2, 0) is 4.74 Å². The van der Waals surface area contributed by atoms with Gasteiger partial charge in [-0.15, -0.1) is 0 Å². The Labute approximate surface area is 109 Å². The molecule has 3 unspecified atom stereocenters. The largest absolute Gasteiger partial charge is 0.391 e. The zero-order valence-electron chi connectivity index (χ0n) is 11.6. The number of aliphatic hydroxyl groups is 1. The molecular formula is C13H26N2O3. The molecule has 1 saturated heterocycles. The van der Waals surface area contributed by atoms with Gasteiger partial charge in [0.15, 0.2) is 0 Å². The second-order valence-corrected chi connectivity index (χ2v) is 4.97. The fraction of sp³-hybridized carbons (Fsp3) is 0.923. The summed E-state index contributed by atoms with van der Waals surface area (Å²) in [6, 6.07) is -0.141. The molecule has 3 atom stereocenters. The summed E-state index contributed by atoms with van der Waals surface area (Å²) in [5.41, 5.74) is 0. The number of amides is 2. The molecular weight excluding hydrogens is 232 g/mol. The molecule has 5 heteroatoms. The van der Waals surface area contributed by atoms with Gasteiger partial charge in [-0.3, -0.25) is 0 Å². The van der Waals surface area contributed by atoms with Crippen molar-refractivity contribution in [1.82, 2.24) is 10.6 Å². The Hall–Kier alpha value is -0.810. The molecule has 1 aliphatic rings. The van der Waals surface area contributed by atoms with Crippen molar-refractivity contribution in [3.05, 3.63) is 0 Å². The Morgan fingerprint density at radius 3 is 2.61 bits per heavy atom. The van der Waals surface area contributed by atoms with Crippen molar-refractivity contribution in [2.24, 2.45) is 5.92 Å². The van der Waals surface area contributed by atoms with E-state index in [1.54, 1.807) is 0 Å². The molecule has 0 aromatic heterocycles. The third-order valence-electron chi connectivity index (χ3n) is 3.76. The highest BCUT2D eigenvalue weighted by Crippen LogP contribution is 2.13. The number of urea groups is 1. The average molecular weight is 258 g/mol. The lowest BCUT2D eigenvalue weighted by atomic mass is 9.97. The van der Waals surface area contributed by atoms with Gasteiger partial charge in [-0.1, -0.05) is 26.7 Å². The summed E-state index contributed by atoms with van der Waals surface area (Å²) in [6.07, 6.45) is 2.30. The van der Waals surface area contributed by atoms with Gasteiger partial charge in [-0.05, 0) is 19.3 Å². The Balaban J connectivity index is 2.24. The first-order chi connectivity index (χ1) is 8.58. The van der Waals surface area contributed by atoms with Gasteiger partial charge in [-0.2, -0.15) is 0 Å². The van der Waals surface area contributed by atoms with E-state index in [1.165, 1.54) is 0 Å². The molecule has 1 aliphatic heterocycles. The van der Waals surface area contributed by atoms with E-state index in [2.05, 4.69) is 24.5 Å². The van der Waals surface area contributed by atoms with Crippen LogP contribution < -0.4 is 10.6 Å². The minimum atomic E-state index is -0.469. The predicted molar refractivity (Wildman–Crippen MR) is 70.4 cm³/mol. The summed E-state index contributed by atoms with van der Waals surface area (Å²) in [5, 5.41) is 15.5. The first-order valence-electron chi connectivity index (χ1n) is 6.92. The molecule has 0 radical (unpaired) electrons. The second kappa shape index (κ2) is 7.59. The summed E-state index contributed by atoms with van der Waals surface area (Å²) in [6.45, 7) is 7.06. The van der Waals surface area contributed by atoms with Gasteiger partial charge in [0, 0.05) is 13.2 Å². The highest BCUT2D eigenvalue weighted by atomic mass is 16.5. The highest BCUT2D eigenvalue weighted by Gasteiger charge is 2.25. The van der Waals surface area contributed by atoms with Crippen molar-refractivity contribution < 1.29 is 14.6 Å². The monoisotopic (exact) mass is 258 g/mol. The molecule has 0 aromatic rings. The molecule has 106 valence electrons. The highest BCUT2D eigenvalue weighted by molar-refractivity contribution is 5.74. The van der Waals surface area contributed by atoms with Crippen LogP contribution in [0.3, 0.4) is 0 Å². The van der Waals surface area contributed by atoms with Crippen LogP contribution in [-0.4, -0.2) is 42.5 Å². The van der Waals surface area contributed by atoms with E-state index in [9.17, 15) is 9.90 Å². The maximum Gasteiger partial charge on any atom is 0.315 e. The summed E-state index contributed by atoms with van der Waals surface area (Å²) < 4.78 is 5.37. The van der Waals surface area contributed by atoms with Crippen LogP contribution in [0.25, 0.3) is 0 Å². The van der Waals surface area contributed by atoms with Gasteiger partial charge in [0.25, 0.3) is 0 Å². The molecule has 5 nitrogen and oxygen atoms in total. The third-order valence-corrected chi connectivity index (χ3v) is 3.76. The first-order valence-corrected chi connectivity index (χ1v) is 6.92. The minimum absolute atomic E-state index is 0.0692. The maximum atomic E-state index is 11.7. The SMILES string of the molecule is CCC(CC)C(O)CNC(=O)NC1CCOC1C. The quantitative estimate of drug-likeness (QED) is 0.671. The predicted octanol–water partition coefficient (Wildman–Crippen LogP) is 1.26. The van der Waals surface area contributed by atoms with E-state index < -0.39 is 6.10 Å². The zero-order valence-corrected chi connectivity index (χ0v) is 11.6. The molecule has 18 heavy (non-hydrogen) atoms. The minimum Gasteiger partial charge on any atom is -0.391 e. The van der Waals surface area contributed by atoms with Gasteiger partial charge in [0.2, 0.25) is 0 Å². The van der Waals surface area contributed by atoms with Crippen LogP contribution in [0.15, 0.2) is 0 Å². The number of carbonyl (C=O) groups excluding carboxylic acids is 1. The zero-order chi connectivity index (χ0) is 13.5. The van der Waals surface area contributed by atoms with Gasteiger partial charge in [-0.25, -0.2) is 4.79 Å². The van der Waals surface area contributed by atoms with Gasteiger partial charge >= 0.3 is 6.03 Å². The lowest BCUT2D eigenvalue weighted by molar-refractivity contribution is 0.101. The number of nitrogens with one attached hydrogen (secondary N) is 2. The Kier molecular flexibility index (Phi) is 6.43. The number of hydrogen-bond donors (Lipinski definition) is 3. The van der Waals surface area contributed by atoms with Gasteiger partial charge < -0.3 is 20.5 Å². The van der Waals surface area contributed by atoms with Crippen molar-refractivity contribution in [3.63, 3.8) is 0 Å². The average Bonchev–Trinajstić information content (AvgIpc) is 2.74. The van der Waals surface area contributed by atoms with Gasteiger partial charge in [0.1, 0.15) is 0 Å². The Morgan fingerprint density at radius 1 is 1.44 bits per heavy atom. The molecule has 2 amide bonds. The number of rotatable bonds is 6. The lowest BCUT2D eigenvalue weighted by Crippen LogP contribution is -2.47. The van der Waals surface area contributed by atoms with Crippen LogP contribution in [0.4, 0.5) is 4.79 Å². The van der Waals surface area contributed by atoms with Crippen molar-refractivity contribution >= 4 is 6.03 Å². The van der Waals surface area contributed by atoms with E-state index >= 15 is 0 Å². The van der Waals surface area contributed by atoms with E-state index in [0.29, 0.717) is 13.2 Å². The normalized spacial score (nSPS) is 25.2. The van der Waals surface area contributed by atoms with Crippen LogP contribution in [0.1, 0.15) is 40.0 Å². The number of ether oxygens (including phenoxy) is 1. The summed E-state index contributed by atoms with van der Waals surface area (Å²) in [7, 11) is 0. The molecule has 0 saturated carbocycles. The molecule has 3 N–H and O–H groups in total. The lowest BCUT2D eigenvalue weighted by Gasteiger charge is -2.21. The van der Waals surface area contributed by atoms with Crippen LogP contribution >= 0.6 is 0 Å². The molecule has 0 spiro atoms. The smallest absolute Gasteiger partial charge is 0.315 e. The van der Waals surface area contributed by atoms with Crippen LogP contribution in [0.2, 0.25) is 0 Å². The van der Waals surface area contributed by atoms with Crippen molar-refractivity contribution in [2.75, 3.05) is 13.2 Å². The van der Waals surface area contributed by atoms with Crippen LogP contribution in [0, 0.1) is 5.92 Å². The first kappa shape index (κ1) is 15.2. The van der Waals surface area contributed by atoms with E-state index in [0.717, 1.165) is 19.3 Å². The molecule has 0 aliphatic carbocycles. The number of aliphatic hydroxyl groups excluding tert-OH is 1. The van der Waals surface area contributed by atoms with E-state index in [4.69, 9.17) is 4.74 Å². The summed E-state index contributed by atoms with van der Waals surface area (Å²) >= 11 is 0. The van der Waals surface area contributed by atoms with Crippen molar-refractivity contribution in [3.8, 4) is 0 Å². The molecule has 1 rings (SSSR count). The molecule has 0 aromatic carbocycles.